The second-order valence-corrected chi connectivity index (χ2v) is 6.18. The molecule has 1 aromatic carbocycles. The molecule has 0 aliphatic heterocycles. The number of carbonyl (C=O) groups excluding carboxylic acids is 2. The maximum Gasteiger partial charge on any atom is 0.319 e. The van der Waals surface area contributed by atoms with Gasteiger partial charge >= 0.3 is 6.03 Å². The zero-order chi connectivity index (χ0) is 19.1. The smallest absolute Gasteiger partial charge is 0.319 e. The van der Waals surface area contributed by atoms with Crippen LogP contribution in [0, 0.1) is 5.92 Å². The monoisotopic (exact) mass is 360 g/mol. The number of nitrogens with zero attached hydrogens (tertiary/aromatic N) is 1. The third-order valence-electron chi connectivity index (χ3n) is 3.58. The highest BCUT2D eigenvalue weighted by atomic mass is 16.5. The lowest BCUT2D eigenvalue weighted by Gasteiger charge is -2.11. The highest BCUT2D eigenvalue weighted by Crippen LogP contribution is 2.22. The van der Waals surface area contributed by atoms with Crippen molar-refractivity contribution in [3.05, 3.63) is 41.3 Å². The van der Waals surface area contributed by atoms with Gasteiger partial charge in [0, 0.05) is 25.2 Å². The Kier molecular flexibility index (Phi) is 6.60. The predicted molar refractivity (Wildman–Crippen MR) is 97.3 cm³/mol. The van der Waals surface area contributed by atoms with Crippen molar-refractivity contribution < 1.29 is 18.8 Å². The first-order valence-corrected chi connectivity index (χ1v) is 8.32. The van der Waals surface area contributed by atoms with Gasteiger partial charge in [-0.3, -0.25) is 4.79 Å². The molecule has 0 bridgehead atoms. The normalized spacial score (nSPS) is 10.5. The lowest BCUT2D eigenvalue weighted by molar-refractivity contribution is 0.0960. The van der Waals surface area contributed by atoms with Crippen molar-refractivity contribution in [2.75, 3.05) is 19.5 Å². The molecule has 26 heavy (non-hydrogen) atoms. The minimum absolute atomic E-state index is 0.242. The summed E-state index contributed by atoms with van der Waals surface area (Å²) in [7, 11) is 3.01. The Morgan fingerprint density at radius 3 is 2.69 bits per heavy atom. The number of hydrogen-bond acceptors (Lipinski definition) is 5. The highest BCUT2D eigenvalue weighted by Gasteiger charge is 2.13. The van der Waals surface area contributed by atoms with Gasteiger partial charge in [-0.15, -0.1) is 0 Å². The lowest BCUT2D eigenvalue weighted by Crippen LogP contribution is -2.28. The zero-order valence-corrected chi connectivity index (χ0v) is 15.4. The van der Waals surface area contributed by atoms with Crippen molar-refractivity contribution in [3.63, 3.8) is 0 Å². The summed E-state index contributed by atoms with van der Waals surface area (Å²) in [5.41, 5.74) is 1.46. The number of ether oxygens (including phenoxy) is 1. The van der Waals surface area contributed by atoms with Crippen LogP contribution in [0.25, 0.3) is 0 Å². The summed E-state index contributed by atoms with van der Waals surface area (Å²) < 4.78 is 10.4. The molecular formula is C18H24N4O4. The molecule has 140 valence electrons. The number of urea groups is 1. The van der Waals surface area contributed by atoms with Gasteiger partial charge in [0.25, 0.3) is 5.91 Å². The largest absolute Gasteiger partial charge is 0.496 e. The van der Waals surface area contributed by atoms with Crippen LogP contribution >= 0.6 is 0 Å². The molecule has 0 aliphatic rings. The first-order valence-electron chi connectivity index (χ1n) is 8.32. The summed E-state index contributed by atoms with van der Waals surface area (Å²) in [6, 6.07) is 6.25. The molecule has 8 heteroatoms. The second-order valence-electron chi connectivity index (χ2n) is 6.18. The number of benzene rings is 1. The van der Waals surface area contributed by atoms with Crippen LogP contribution in [-0.2, 0) is 13.0 Å². The first kappa shape index (κ1) is 19.3. The van der Waals surface area contributed by atoms with Crippen molar-refractivity contribution in [1.82, 2.24) is 15.8 Å². The molecule has 3 N–H and O–H groups in total. The minimum atomic E-state index is -0.411. The Hall–Kier alpha value is -3.03. The second kappa shape index (κ2) is 8.89. The average molecular weight is 360 g/mol. The number of amides is 3. The van der Waals surface area contributed by atoms with Gasteiger partial charge in [0.1, 0.15) is 17.2 Å². The van der Waals surface area contributed by atoms with Crippen LogP contribution in [0.1, 0.15) is 35.7 Å². The summed E-state index contributed by atoms with van der Waals surface area (Å²) in [6.45, 7) is 4.43. The van der Waals surface area contributed by atoms with Crippen LogP contribution in [0.4, 0.5) is 10.5 Å². The van der Waals surface area contributed by atoms with Gasteiger partial charge in [-0.05, 0) is 24.1 Å². The summed E-state index contributed by atoms with van der Waals surface area (Å²) in [5, 5.41) is 11.8. The van der Waals surface area contributed by atoms with Crippen molar-refractivity contribution >= 4 is 17.6 Å². The van der Waals surface area contributed by atoms with Crippen LogP contribution in [0.5, 0.6) is 5.75 Å². The Labute approximate surface area is 152 Å². The molecule has 3 amide bonds. The van der Waals surface area contributed by atoms with E-state index in [-0.39, 0.29) is 12.5 Å². The van der Waals surface area contributed by atoms with E-state index in [0.29, 0.717) is 28.6 Å². The van der Waals surface area contributed by atoms with Crippen LogP contribution < -0.4 is 20.7 Å². The predicted octanol–water partition coefficient (Wildman–Crippen LogP) is 2.56. The third-order valence-corrected chi connectivity index (χ3v) is 3.58. The summed E-state index contributed by atoms with van der Waals surface area (Å²) in [4.78, 5) is 23.9. The maximum absolute atomic E-state index is 12.1. The van der Waals surface area contributed by atoms with Crippen molar-refractivity contribution in [2.45, 2.75) is 26.8 Å². The fraction of sp³-hybridized carbons (Fsp3) is 0.389. The molecule has 0 saturated carbocycles. The Morgan fingerprint density at radius 2 is 2.04 bits per heavy atom. The van der Waals surface area contributed by atoms with E-state index in [1.54, 1.807) is 18.2 Å². The fourth-order valence-electron chi connectivity index (χ4n) is 2.38. The van der Waals surface area contributed by atoms with E-state index < -0.39 is 6.03 Å². The molecule has 0 saturated heterocycles. The molecule has 0 radical (unpaired) electrons. The third kappa shape index (κ3) is 5.23. The van der Waals surface area contributed by atoms with Gasteiger partial charge < -0.3 is 25.2 Å². The highest BCUT2D eigenvalue weighted by molar-refractivity contribution is 5.99. The van der Waals surface area contributed by atoms with Gasteiger partial charge in [0.05, 0.1) is 19.2 Å². The van der Waals surface area contributed by atoms with Crippen LogP contribution in [-0.4, -0.2) is 31.3 Å². The van der Waals surface area contributed by atoms with Gasteiger partial charge in [-0.25, -0.2) is 4.79 Å². The Bertz CT molecular complexity index is 770. The molecule has 1 heterocycles. The van der Waals surface area contributed by atoms with Crippen LogP contribution in [0.15, 0.2) is 28.8 Å². The SMILES string of the molecule is CNC(=O)c1cc(NC(=O)NCc2cc(CC(C)C)on2)ccc1OC. The topological polar surface area (TPSA) is 105 Å². The molecule has 0 spiro atoms. The standard InChI is InChI=1S/C18H24N4O4/c1-11(2)7-14-8-13(22-26-14)10-20-18(24)21-12-5-6-16(25-4)15(9-12)17(23)19-3/h5-6,8-9,11H,7,10H2,1-4H3,(H,19,23)(H2,20,21,24). The first-order chi connectivity index (χ1) is 12.4. The molecule has 2 aromatic rings. The molecule has 2 rings (SSSR count). The van der Waals surface area contributed by atoms with E-state index in [9.17, 15) is 9.59 Å². The average Bonchev–Trinajstić information content (AvgIpc) is 3.05. The zero-order valence-electron chi connectivity index (χ0n) is 15.4. The Morgan fingerprint density at radius 1 is 1.27 bits per heavy atom. The molecule has 0 unspecified atom stereocenters. The summed E-state index contributed by atoms with van der Waals surface area (Å²) in [5.74, 6) is 1.39. The lowest BCUT2D eigenvalue weighted by atomic mass is 10.1. The maximum atomic E-state index is 12.1. The van der Waals surface area contributed by atoms with E-state index in [4.69, 9.17) is 9.26 Å². The van der Waals surface area contributed by atoms with Crippen molar-refractivity contribution in [3.8, 4) is 5.75 Å². The van der Waals surface area contributed by atoms with E-state index >= 15 is 0 Å². The van der Waals surface area contributed by atoms with E-state index in [0.717, 1.165) is 12.2 Å². The Balaban J connectivity index is 1.95. The number of nitrogens with one attached hydrogen (secondary N) is 3. The molecule has 1 aromatic heterocycles. The van der Waals surface area contributed by atoms with Gasteiger partial charge in [0.15, 0.2) is 0 Å². The van der Waals surface area contributed by atoms with Gasteiger partial charge in [-0.2, -0.15) is 0 Å². The van der Waals surface area contributed by atoms with E-state index in [2.05, 4.69) is 35.0 Å². The van der Waals surface area contributed by atoms with E-state index in [1.807, 2.05) is 6.07 Å². The molecule has 0 aliphatic carbocycles. The quantitative estimate of drug-likeness (QED) is 0.704. The number of methoxy groups -OCH3 is 1. The van der Waals surface area contributed by atoms with Crippen LogP contribution in [0.3, 0.4) is 0 Å². The summed E-state index contributed by atoms with van der Waals surface area (Å²) >= 11 is 0. The summed E-state index contributed by atoms with van der Waals surface area (Å²) in [6.07, 6.45) is 0.799. The number of hydrogen-bond donors (Lipinski definition) is 3. The molecule has 0 atom stereocenters. The van der Waals surface area contributed by atoms with Gasteiger partial charge in [0.2, 0.25) is 0 Å². The van der Waals surface area contributed by atoms with Gasteiger partial charge in [-0.1, -0.05) is 19.0 Å². The molecular weight excluding hydrogens is 336 g/mol. The molecule has 0 fully saturated rings. The number of anilines is 1. The molecule has 8 nitrogen and oxygen atoms in total. The number of rotatable bonds is 7. The number of carbonyl (C=O) groups is 2. The fourth-order valence-corrected chi connectivity index (χ4v) is 2.38. The minimum Gasteiger partial charge on any atom is -0.496 e. The van der Waals surface area contributed by atoms with Crippen molar-refractivity contribution in [2.24, 2.45) is 5.92 Å². The number of aromatic nitrogens is 1. The van der Waals surface area contributed by atoms with E-state index in [1.165, 1.54) is 14.2 Å². The van der Waals surface area contributed by atoms with Crippen molar-refractivity contribution in [1.29, 1.82) is 0 Å². The van der Waals surface area contributed by atoms with Crippen LogP contribution in [0.2, 0.25) is 0 Å².